The Balaban J connectivity index is 1.45. The predicted octanol–water partition coefficient (Wildman–Crippen LogP) is 0.784. The lowest BCUT2D eigenvalue weighted by molar-refractivity contribution is -0.0511. The van der Waals surface area contributed by atoms with Gasteiger partial charge in [0.25, 0.3) is 0 Å². The van der Waals surface area contributed by atoms with Crippen LogP contribution in [0.5, 0.6) is 0 Å². The molecule has 2 aromatic heterocycles. The highest BCUT2D eigenvalue weighted by Crippen LogP contribution is 2.31. The molecule has 9 heteroatoms. The summed E-state index contributed by atoms with van der Waals surface area (Å²) in [4.78, 5) is 12.8. The quantitative estimate of drug-likeness (QED) is 0.337. The minimum Gasteiger partial charge on any atom is -0.394 e. The van der Waals surface area contributed by atoms with Crippen molar-refractivity contribution in [2.45, 2.75) is 50.2 Å². The lowest BCUT2D eigenvalue weighted by Crippen LogP contribution is -2.33. The standard InChI is InChI=1S/C22H25N5O4/c23-20-17-21(27(13-24-17)22-19(30)18(29)15(12-28)31-22)26-16(25-20)11-7-2-1-4-8-14-9-5-3-6-10-14/h3,5-6,9-10,13,15,18-19,22,28-30H,1-2,4,8,12H2,(H2,23,25,26)/t15-,18?,19?,22-/m1/s1. The normalized spacial score (nSPS) is 23.1. The molecule has 3 heterocycles. The summed E-state index contributed by atoms with van der Waals surface area (Å²) in [5.41, 5.74) is 8.02. The van der Waals surface area contributed by atoms with E-state index in [1.165, 1.54) is 16.5 Å². The first-order valence-electron chi connectivity index (χ1n) is 10.2. The monoisotopic (exact) mass is 423 g/mol. The van der Waals surface area contributed by atoms with Crippen LogP contribution in [-0.2, 0) is 11.2 Å². The van der Waals surface area contributed by atoms with E-state index in [-0.39, 0.29) is 11.6 Å². The highest BCUT2D eigenvalue weighted by Gasteiger charge is 2.44. The van der Waals surface area contributed by atoms with Gasteiger partial charge in [0.05, 0.1) is 12.9 Å². The molecule has 0 amide bonds. The Morgan fingerprint density at radius 1 is 1.10 bits per heavy atom. The summed E-state index contributed by atoms with van der Waals surface area (Å²) in [6, 6.07) is 10.3. The first-order valence-corrected chi connectivity index (χ1v) is 10.2. The minimum absolute atomic E-state index is 0.170. The van der Waals surface area contributed by atoms with Crippen LogP contribution >= 0.6 is 0 Å². The van der Waals surface area contributed by atoms with Crippen LogP contribution < -0.4 is 5.73 Å². The number of fused-ring (bicyclic) bond motifs is 1. The third kappa shape index (κ3) is 4.52. The number of aryl methyl sites for hydroxylation is 1. The second-order valence-corrected chi connectivity index (χ2v) is 7.48. The van der Waals surface area contributed by atoms with Crippen LogP contribution in [0.4, 0.5) is 5.82 Å². The van der Waals surface area contributed by atoms with E-state index >= 15 is 0 Å². The Hall–Kier alpha value is -3.03. The van der Waals surface area contributed by atoms with Gasteiger partial charge in [-0.2, -0.15) is 0 Å². The van der Waals surface area contributed by atoms with Gasteiger partial charge in [0.2, 0.25) is 5.82 Å². The molecule has 2 unspecified atom stereocenters. The van der Waals surface area contributed by atoms with Gasteiger partial charge in [-0.1, -0.05) is 36.3 Å². The summed E-state index contributed by atoms with van der Waals surface area (Å²) in [5, 5.41) is 29.6. The molecular formula is C22H25N5O4. The van der Waals surface area contributed by atoms with Gasteiger partial charge in [0.1, 0.15) is 23.8 Å². The van der Waals surface area contributed by atoms with Crippen LogP contribution in [0.2, 0.25) is 0 Å². The first-order chi connectivity index (χ1) is 15.1. The fraction of sp³-hybridized carbons (Fsp3) is 0.409. The molecule has 162 valence electrons. The van der Waals surface area contributed by atoms with E-state index in [9.17, 15) is 15.3 Å². The zero-order valence-corrected chi connectivity index (χ0v) is 16.9. The van der Waals surface area contributed by atoms with Gasteiger partial charge in [0.15, 0.2) is 17.7 Å². The van der Waals surface area contributed by atoms with E-state index in [0.717, 1.165) is 19.3 Å². The average molecular weight is 423 g/mol. The van der Waals surface area contributed by atoms with Crippen molar-refractivity contribution in [1.29, 1.82) is 0 Å². The Morgan fingerprint density at radius 3 is 2.65 bits per heavy atom. The lowest BCUT2D eigenvalue weighted by atomic mass is 10.1. The summed E-state index contributed by atoms with van der Waals surface area (Å²) in [6.07, 6.45) is 0.822. The van der Waals surface area contributed by atoms with Crippen LogP contribution in [0, 0.1) is 11.8 Å². The van der Waals surface area contributed by atoms with Gasteiger partial charge < -0.3 is 25.8 Å². The van der Waals surface area contributed by atoms with E-state index in [4.69, 9.17) is 10.5 Å². The predicted molar refractivity (Wildman–Crippen MR) is 114 cm³/mol. The van der Waals surface area contributed by atoms with Crippen molar-refractivity contribution in [3.05, 3.63) is 48.0 Å². The number of hydrogen-bond donors (Lipinski definition) is 4. The van der Waals surface area contributed by atoms with Gasteiger partial charge in [-0.3, -0.25) is 4.57 Å². The van der Waals surface area contributed by atoms with Crippen LogP contribution in [0.25, 0.3) is 11.2 Å². The van der Waals surface area contributed by atoms with Crippen molar-refractivity contribution in [2.75, 3.05) is 12.3 Å². The third-order valence-corrected chi connectivity index (χ3v) is 5.30. The number of nitrogens with two attached hydrogens (primary N) is 1. The molecule has 4 rings (SSSR count). The van der Waals surface area contributed by atoms with Crippen molar-refractivity contribution in [3.8, 4) is 11.8 Å². The summed E-state index contributed by atoms with van der Waals surface area (Å²) < 4.78 is 7.04. The number of benzene rings is 1. The zero-order chi connectivity index (χ0) is 21.8. The fourth-order valence-electron chi connectivity index (χ4n) is 3.62. The van der Waals surface area contributed by atoms with E-state index in [1.807, 2.05) is 18.2 Å². The number of anilines is 1. The summed E-state index contributed by atoms with van der Waals surface area (Å²) >= 11 is 0. The number of unbranched alkanes of at least 4 members (excludes halogenated alkanes) is 2. The molecule has 0 aliphatic carbocycles. The second kappa shape index (κ2) is 9.41. The maximum absolute atomic E-state index is 10.3. The van der Waals surface area contributed by atoms with Crippen LogP contribution in [-0.4, -0.2) is 59.8 Å². The molecule has 5 N–H and O–H groups in total. The number of ether oxygens (including phenoxy) is 1. The Labute approximate surface area is 179 Å². The highest BCUT2D eigenvalue weighted by atomic mass is 16.6. The maximum Gasteiger partial charge on any atom is 0.208 e. The van der Waals surface area contributed by atoms with Crippen molar-refractivity contribution >= 4 is 17.0 Å². The number of nitrogens with zero attached hydrogens (tertiary/aromatic N) is 4. The molecular weight excluding hydrogens is 398 g/mol. The van der Waals surface area contributed by atoms with E-state index in [2.05, 4.69) is 38.9 Å². The fourth-order valence-corrected chi connectivity index (χ4v) is 3.62. The van der Waals surface area contributed by atoms with Gasteiger partial charge in [0, 0.05) is 6.42 Å². The number of aromatic nitrogens is 4. The molecule has 0 bridgehead atoms. The number of aliphatic hydroxyl groups is 3. The summed E-state index contributed by atoms with van der Waals surface area (Å²) in [5.74, 6) is 6.44. The molecule has 1 saturated heterocycles. The zero-order valence-electron chi connectivity index (χ0n) is 16.9. The van der Waals surface area contributed by atoms with Crippen molar-refractivity contribution in [2.24, 2.45) is 0 Å². The smallest absolute Gasteiger partial charge is 0.208 e. The Morgan fingerprint density at radius 2 is 1.90 bits per heavy atom. The highest BCUT2D eigenvalue weighted by molar-refractivity contribution is 5.82. The van der Waals surface area contributed by atoms with Gasteiger partial charge in [-0.15, -0.1) is 0 Å². The molecule has 1 fully saturated rings. The van der Waals surface area contributed by atoms with Crippen LogP contribution in [0.1, 0.15) is 36.9 Å². The number of imidazole rings is 1. The summed E-state index contributed by atoms with van der Waals surface area (Å²) in [6.45, 7) is -0.417. The third-order valence-electron chi connectivity index (χ3n) is 5.30. The molecule has 9 nitrogen and oxygen atoms in total. The minimum atomic E-state index is -1.25. The van der Waals surface area contributed by atoms with Crippen molar-refractivity contribution < 1.29 is 20.1 Å². The number of nitrogen functional groups attached to an aromatic ring is 1. The molecule has 31 heavy (non-hydrogen) atoms. The van der Waals surface area contributed by atoms with Crippen LogP contribution in [0.15, 0.2) is 36.7 Å². The van der Waals surface area contributed by atoms with Gasteiger partial charge >= 0.3 is 0 Å². The van der Waals surface area contributed by atoms with Gasteiger partial charge in [-0.25, -0.2) is 15.0 Å². The molecule has 0 spiro atoms. The van der Waals surface area contributed by atoms with E-state index in [0.29, 0.717) is 17.6 Å². The Bertz CT molecular complexity index is 1090. The molecule has 3 aromatic rings. The van der Waals surface area contributed by atoms with Crippen molar-refractivity contribution in [3.63, 3.8) is 0 Å². The lowest BCUT2D eigenvalue weighted by Gasteiger charge is -2.16. The number of hydrogen-bond acceptors (Lipinski definition) is 8. The molecule has 1 aliphatic rings. The topological polar surface area (TPSA) is 140 Å². The number of aliphatic hydroxyl groups excluding tert-OH is 3. The molecule has 0 radical (unpaired) electrons. The van der Waals surface area contributed by atoms with Crippen molar-refractivity contribution in [1.82, 2.24) is 19.5 Å². The average Bonchev–Trinajstić information content (AvgIpc) is 3.32. The molecule has 1 aromatic carbocycles. The Kier molecular flexibility index (Phi) is 6.44. The molecule has 1 aliphatic heterocycles. The largest absolute Gasteiger partial charge is 0.394 e. The molecule has 4 atom stereocenters. The van der Waals surface area contributed by atoms with Crippen LogP contribution in [0.3, 0.4) is 0 Å². The summed E-state index contributed by atoms with van der Waals surface area (Å²) in [7, 11) is 0. The van der Waals surface area contributed by atoms with Gasteiger partial charge in [-0.05, 0) is 30.7 Å². The molecule has 0 saturated carbocycles. The van der Waals surface area contributed by atoms with E-state index < -0.39 is 31.1 Å². The number of rotatable bonds is 6. The maximum atomic E-state index is 10.3. The van der Waals surface area contributed by atoms with E-state index in [1.54, 1.807) is 0 Å². The SMILES string of the molecule is Nc1nc(C#CCCCCc2ccccc2)nc2c1ncn2[C@@H]1O[C@H](CO)C(O)C1O. The second-order valence-electron chi connectivity index (χ2n) is 7.48. The first kappa shape index (κ1) is 21.2.